The lowest BCUT2D eigenvalue weighted by atomic mass is 9.82. The number of allylic oxidation sites excluding steroid dienone is 2. The summed E-state index contributed by atoms with van der Waals surface area (Å²) in [6.45, 7) is 11.1. The van der Waals surface area contributed by atoms with Crippen LogP contribution in [0.5, 0.6) is 0 Å². The molecule has 1 atom stereocenters. The van der Waals surface area contributed by atoms with E-state index in [0.717, 1.165) is 48.6 Å². The summed E-state index contributed by atoms with van der Waals surface area (Å²) in [6.07, 6.45) is 11.2. The fourth-order valence-corrected chi connectivity index (χ4v) is 4.76. The zero-order chi connectivity index (χ0) is 24.0. The van der Waals surface area contributed by atoms with Crippen molar-refractivity contribution in [2.45, 2.75) is 86.0 Å². The third-order valence-electron chi connectivity index (χ3n) is 6.77. The molecule has 0 amide bonds. The predicted octanol–water partition coefficient (Wildman–Crippen LogP) is 8.15. The van der Waals surface area contributed by atoms with E-state index in [4.69, 9.17) is 0 Å². The number of rotatable bonds is 11. The molecular formula is C31H40O2. The first-order valence-electron chi connectivity index (χ1n) is 12.7. The topological polar surface area (TPSA) is 34.1 Å². The molecular weight excluding hydrogens is 404 g/mol. The molecule has 0 fully saturated rings. The lowest BCUT2D eigenvalue weighted by Crippen LogP contribution is -2.21. The number of ketones is 2. The van der Waals surface area contributed by atoms with Crippen molar-refractivity contribution in [3.05, 3.63) is 81.4 Å². The van der Waals surface area contributed by atoms with Crippen LogP contribution in [0.1, 0.15) is 116 Å². The minimum Gasteiger partial charge on any atom is -0.289 e. The number of carbonyl (C=O) groups excluding carboxylic acids is 2. The van der Waals surface area contributed by atoms with Gasteiger partial charge in [-0.2, -0.15) is 0 Å². The summed E-state index contributed by atoms with van der Waals surface area (Å²) in [4.78, 5) is 26.4. The molecule has 2 nitrogen and oxygen atoms in total. The van der Waals surface area contributed by atoms with Crippen LogP contribution in [-0.2, 0) is 12.8 Å². The molecule has 0 heterocycles. The van der Waals surface area contributed by atoms with Crippen LogP contribution in [0.15, 0.2) is 48.0 Å². The van der Waals surface area contributed by atoms with Gasteiger partial charge in [0.2, 0.25) is 0 Å². The number of hydrogen-bond acceptors (Lipinski definition) is 2. The Balaban J connectivity index is 1.65. The number of aryl methyl sites for hydroxylation is 2. The summed E-state index contributed by atoms with van der Waals surface area (Å²) >= 11 is 0. The van der Waals surface area contributed by atoms with E-state index in [0.29, 0.717) is 22.3 Å². The minimum absolute atomic E-state index is 0.0145. The van der Waals surface area contributed by atoms with E-state index < -0.39 is 0 Å². The molecule has 176 valence electrons. The van der Waals surface area contributed by atoms with Gasteiger partial charge in [-0.15, -0.1) is 0 Å². The minimum atomic E-state index is -0.0195. The second-order valence-corrected chi connectivity index (χ2v) is 10.6. The SMILES string of the molecule is CC(C)=CCCc1ccc2c(c1)C(=O)c1ccc(CCCC(C)CCCC(C)C)cc1C2=O. The number of carbonyl (C=O) groups is 2. The van der Waals surface area contributed by atoms with Gasteiger partial charge in [-0.3, -0.25) is 9.59 Å². The maximum atomic E-state index is 13.2. The molecule has 0 bridgehead atoms. The van der Waals surface area contributed by atoms with E-state index in [1.165, 1.54) is 31.3 Å². The Morgan fingerprint density at radius 2 is 1.27 bits per heavy atom. The number of hydrogen-bond donors (Lipinski definition) is 0. The van der Waals surface area contributed by atoms with E-state index in [1.54, 1.807) is 0 Å². The van der Waals surface area contributed by atoms with Crippen molar-refractivity contribution in [3.8, 4) is 0 Å². The molecule has 2 aromatic rings. The molecule has 1 aliphatic rings. The normalized spacial score (nSPS) is 13.6. The second kappa shape index (κ2) is 11.6. The molecule has 1 aliphatic carbocycles. The Labute approximate surface area is 200 Å². The van der Waals surface area contributed by atoms with E-state index in [9.17, 15) is 9.59 Å². The van der Waals surface area contributed by atoms with Gasteiger partial charge in [-0.1, -0.05) is 82.4 Å². The smallest absolute Gasteiger partial charge is 0.194 e. The predicted molar refractivity (Wildman–Crippen MR) is 138 cm³/mol. The highest BCUT2D eigenvalue weighted by Gasteiger charge is 2.29. The van der Waals surface area contributed by atoms with Crippen LogP contribution in [0.25, 0.3) is 0 Å². The second-order valence-electron chi connectivity index (χ2n) is 10.6. The molecule has 0 saturated heterocycles. The Hall–Kier alpha value is -2.48. The van der Waals surface area contributed by atoms with Crippen LogP contribution < -0.4 is 0 Å². The molecule has 1 unspecified atom stereocenters. The standard InChI is InChI=1S/C31H40O2/c1-21(2)9-6-11-23(5)12-8-14-25-16-18-27-29(20-25)31(33)26-17-15-24(13-7-10-22(3)4)19-28(26)30(27)32/h10,15-21,23H,6-9,11-14H2,1-5H3. The molecule has 2 heteroatoms. The van der Waals surface area contributed by atoms with Crippen LogP contribution in [0, 0.1) is 11.8 Å². The number of benzene rings is 2. The van der Waals surface area contributed by atoms with Crippen molar-refractivity contribution in [2.24, 2.45) is 11.8 Å². The van der Waals surface area contributed by atoms with E-state index >= 15 is 0 Å². The van der Waals surface area contributed by atoms with Gasteiger partial charge in [0.05, 0.1) is 0 Å². The maximum absolute atomic E-state index is 13.2. The molecule has 3 rings (SSSR count). The zero-order valence-electron chi connectivity index (χ0n) is 21.2. The summed E-state index contributed by atoms with van der Waals surface area (Å²) in [6, 6.07) is 11.6. The lowest BCUT2D eigenvalue weighted by molar-refractivity contribution is 0.0979. The Kier molecular flexibility index (Phi) is 8.83. The summed E-state index contributed by atoms with van der Waals surface area (Å²) in [5, 5.41) is 0. The Morgan fingerprint density at radius 3 is 1.82 bits per heavy atom. The van der Waals surface area contributed by atoms with Gasteiger partial charge in [0.1, 0.15) is 0 Å². The van der Waals surface area contributed by atoms with Gasteiger partial charge < -0.3 is 0 Å². The third kappa shape index (κ3) is 6.76. The highest BCUT2D eigenvalue weighted by molar-refractivity contribution is 6.28. The Morgan fingerprint density at radius 1 is 0.727 bits per heavy atom. The van der Waals surface area contributed by atoms with Gasteiger partial charge in [-0.25, -0.2) is 0 Å². The zero-order valence-corrected chi connectivity index (χ0v) is 21.2. The first-order chi connectivity index (χ1) is 15.8. The molecule has 2 aromatic carbocycles. The molecule has 0 radical (unpaired) electrons. The highest BCUT2D eigenvalue weighted by atomic mass is 16.1. The van der Waals surface area contributed by atoms with E-state index in [-0.39, 0.29) is 11.6 Å². The van der Waals surface area contributed by atoms with Crippen LogP contribution >= 0.6 is 0 Å². The molecule has 0 aliphatic heterocycles. The van der Waals surface area contributed by atoms with Crippen molar-refractivity contribution in [1.82, 2.24) is 0 Å². The van der Waals surface area contributed by atoms with Crippen LogP contribution in [-0.4, -0.2) is 11.6 Å². The van der Waals surface area contributed by atoms with E-state index in [2.05, 4.69) is 40.7 Å². The van der Waals surface area contributed by atoms with Crippen molar-refractivity contribution < 1.29 is 9.59 Å². The number of fused-ring (bicyclic) bond motifs is 2. The van der Waals surface area contributed by atoms with Gasteiger partial charge in [-0.05, 0) is 74.6 Å². The van der Waals surface area contributed by atoms with Crippen LogP contribution in [0.3, 0.4) is 0 Å². The van der Waals surface area contributed by atoms with Crippen molar-refractivity contribution in [2.75, 3.05) is 0 Å². The Bertz CT molecular complexity index is 1020. The van der Waals surface area contributed by atoms with Gasteiger partial charge in [0.25, 0.3) is 0 Å². The van der Waals surface area contributed by atoms with Crippen LogP contribution in [0.4, 0.5) is 0 Å². The summed E-state index contributed by atoms with van der Waals surface area (Å²) in [5.74, 6) is 1.49. The maximum Gasteiger partial charge on any atom is 0.194 e. The molecule has 0 saturated carbocycles. The van der Waals surface area contributed by atoms with Crippen molar-refractivity contribution in [3.63, 3.8) is 0 Å². The fraction of sp³-hybridized carbons (Fsp3) is 0.484. The van der Waals surface area contributed by atoms with Crippen LogP contribution in [0.2, 0.25) is 0 Å². The third-order valence-corrected chi connectivity index (χ3v) is 6.77. The fourth-order valence-electron chi connectivity index (χ4n) is 4.76. The van der Waals surface area contributed by atoms with E-state index in [1.807, 2.05) is 36.4 Å². The van der Waals surface area contributed by atoms with Crippen molar-refractivity contribution in [1.29, 1.82) is 0 Å². The monoisotopic (exact) mass is 444 g/mol. The first-order valence-corrected chi connectivity index (χ1v) is 12.7. The highest BCUT2D eigenvalue weighted by Crippen LogP contribution is 2.30. The largest absolute Gasteiger partial charge is 0.289 e. The average molecular weight is 445 g/mol. The van der Waals surface area contributed by atoms with Crippen molar-refractivity contribution >= 4 is 11.6 Å². The lowest BCUT2D eigenvalue weighted by Gasteiger charge is -2.19. The summed E-state index contributed by atoms with van der Waals surface area (Å²) < 4.78 is 0. The van der Waals surface area contributed by atoms with Gasteiger partial charge >= 0.3 is 0 Å². The average Bonchev–Trinajstić information content (AvgIpc) is 2.77. The molecule has 0 N–H and O–H groups in total. The van der Waals surface area contributed by atoms with Gasteiger partial charge in [0.15, 0.2) is 11.6 Å². The quantitative estimate of drug-likeness (QED) is 0.280. The summed E-state index contributed by atoms with van der Waals surface area (Å²) in [7, 11) is 0. The molecule has 33 heavy (non-hydrogen) atoms. The summed E-state index contributed by atoms with van der Waals surface area (Å²) in [5.41, 5.74) is 5.80. The first kappa shape index (κ1) is 25.1. The molecule has 0 spiro atoms. The molecule has 0 aromatic heterocycles. The van der Waals surface area contributed by atoms with Gasteiger partial charge in [0, 0.05) is 22.3 Å².